The molecule has 0 amide bonds. The molecule has 0 bridgehead atoms. The quantitative estimate of drug-likeness (QED) is 0.623. The van der Waals surface area contributed by atoms with E-state index in [0.717, 1.165) is 30.7 Å². The third-order valence-corrected chi connectivity index (χ3v) is 7.27. The number of allylic oxidation sites excluding steroid dienone is 3. The van der Waals surface area contributed by atoms with Crippen molar-refractivity contribution >= 4 is 21.4 Å². The zero-order valence-corrected chi connectivity index (χ0v) is 20.3. The Morgan fingerprint density at radius 3 is 2.66 bits per heavy atom. The molecule has 0 atom stereocenters. The van der Waals surface area contributed by atoms with Crippen LogP contribution < -0.4 is 10.5 Å². The summed E-state index contributed by atoms with van der Waals surface area (Å²) < 4.78 is 58.0. The van der Waals surface area contributed by atoms with Crippen LogP contribution in [0.5, 0.6) is 11.5 Å². The van der Waals surface area contributed by atoms with Crippen molar-refractivity contribution in [3.05, 3.63) is 82.7 Å². The van der Waals surface area contributed by atoms with Gasteiger partial charge in [-0.05, 0) is 55.7 Å². The summed E-state index contributed by atoms with van der Waals surface area (Å²) in [6.45, 7) is 4.09. The van der Waals surface area contributed by atoms with E-state index in [0.29, 0.717) is 34.9 Å². The molecule has 0 radical (unpaired) electrons. The monoisotopic (exact) mass is 500 g/mol. The zero-order valence-electron chi connectivity index (χ0n) is 19.5. The average Bonchev–Trinajstić information content (AvgIpc) is 2.80. The molecule has 0 unspecified atom stereocenters. The number of hydrogen-bond acceptors (Lipinski definition) is 7. The molecule has 184 valence electrons. The molecule has 2 aromatic carbocycles. The number of ether oxygens (including phenoxy) is 1. The van der Waals surface area contributed by atoms with E-state index in [1.54, 1.807) is 36.2 Å². The van der Waals surface area contributed by atoms with E-state index in [9.17, 15) is 17.2 Å². The van der Waals surface area contributed by atoms with E-state index in [1.807, 2.05) is 13.0 Å². The van der Waals surface area contributed by atoms with Crippen molar-refractivity contribution in [1.29, 1.82) is 0 Å². The largest absolute Gasteiger partial charge is 0.454 e. The highest BCUT2D eigenvalue weighted by molar-refractivity contribution is 7.90. The van der Waals surface area contributed by atoms with Crippen molar-refractivity contribution in [2.24, 2.45) is 15.8 Å². The molecule has 35 heavy (non-hydrogen) atoms. The van der Waals surface area contributed by atoms with Gasteiger partial charge in [0.15, 0.2) is 27.2 Å². The minimum absolute atomic E-state index is 0.00718. The summed E-state index contributed by atoms with van der Waals surface area (Å²) in [7, 11) is -3.31. The number of rotatable bonds is 6. The van der Waals surface area contributed by atoms with Crippen molar-refractivity contribution in [3.8, 4) is 11.5 Å². The van der Waals surface area contributed by atoms with Gasteiger partial charge in [0.2, 0.25) is 0 Å². The van der Waals surface area contributed by atoms with Gasteiger partial charge in [0, 0.05) is 29.6 Å². The summed E-state index contributed by atoms with van der Waals surface area (Å²) >= 11 is 0. The number of nitrogens with zero attached hydrogens (tertiary/aromatic N) is 3. The minimum atomic E-state index is -3.31. The molecular formula is C25H26F2N4O3S. The molecule has 7 nitrogen and oxygen atoms in total. The maximum atomic E-state index is 14.3. The SMILES string of the molecule is CCS(=O)(=O)Cc1ccc(Oc2ccc(F)cc2F)c(C2=NN3/C(=N\CCC/C=C/3C)C(N)=C2)c1. The number of sulfone groups is 1. The standard InChI is InChI=1S/C25H26F2N4O3S/c1-3-35(32,33)15-17-7-9-23(34-24-10-8-18(26)13-20(24)27)19(12-17)22-14-21(28)25-29-11-5-4-6-16(2)31(25)30-22/h6-10,12-14H,3-5,11,15,28H2,1-2H3/b16-6+,29-25-. The second-order valence-corrected chi connectivity index (χ2v) is 10.6. The average molecular weight is 501 g/mol. The van der Waals surface area contributed by atoms with Crippen molar-refractivity contribution in [2.45, 2.75) is 32.4 Å². The van der Waals surface area contributed by atoms with E-state index in [1.165, 1.54) is 6.07 Å². The van der Waals surface area contributed by atoms with Crippen molar-refractivity contribution in [3.63, 3.8) is 0 Å². The first-order valence-electron chi connectivity index (χ1n) is 11.2. The number of fused-ring (bicyclic) bond motifs is 1. The van der Waals surface area contributed by atoms with Gasteiger partial charge >= 0.3 is 0 Å². The van der Waals surface area contributed by atoms with E-state index in [2.05, 4.69) is 4.99 Å². The molecule has 0 spiro atoms. The van der Waals surface area contributed by atoms with Crippen LogP contribution in [0.1, 0.15) is 37.8 Å². The molecule has 10 heteroatoms. The fraction of sp³-hybridized carbons (Fsp3) is 0.280. The maximum Gasteiger partial charge on any atom is 0.172 e. The number of amidine groups is 1. The van der Waals surface area contributed by atoms with Crippen molar-refractivity contribution < 1.29 is 21.9 Å². The van der Waals surface area contributed by atoms with E-state index >= 15 is 0 Å². The molecular weight excluding hydrogens is 474 g/mol. The summed E-state index contributed by atoms with van der Waals surface area (Å²) in [6, 6.07) is 7.78. The Bertz CT molecular complexity index is 1380. The van der Waals surface area contributed by atoms with Gasteiger partial charge in [0.25, 0.3) is 0 Å². The number of benzene rings is 2. The first-order valence-corrected chi connectivity index (χ1v) is 13.0. The molecule has 0 saturated heterocycles. The van der Waals surface area contributed by atoms with Crippen LogP contribution in [0.2, 0.25) is 0 Å². The summed E-state index contributed by atoms with van der Waals surface area (Å²) in [5.74, 6) is -1.22. The van der Waals surface area contributed by atoms with Crippen LogP contribution in [-0.4, -0.2) is 37.3 Å². The second kappa shape index (κ2) is 9.99. The molecule has 2 N–H and O–H groups in total. The Morgan fingerprint density at radius 2 is 1.91 bits per heavy atom. The van der Waals surface area contributed by atoms with Gasteiger partial charge < -0.3 is 10.5 Å². The predicted molar refractivity (Wildman–Crippen MR) is 132 cm³/mol. The van der Waals surface area contributed by atoms with E-state index < -0.39 is 21.5 Å². The van der Waals surface area contributed by atoms with Gasteiger partial charge in [-0.1, -0.05) is 19.1 Å². The van der Waals surface area contributed by atoms with Crippen LogP contribution >= 0.6 is 0 Å². The van der Waals surface area contributed by atoms with Gasteiger partial charge in [-0.2, -0.15) is 5.10 Å². The second-order valence-electron chi connectivity index (χ2n) is 8.27. The maximum absolute atomic E-state index is 14.3. The van der Waals surface area contributed by atoms with Gasteiger partial charge in [-0.3, -0.25) is 4.99 Å². The molecule has 2 heterocycles. The zero-order chi connectivity index (χ0) is 25.2. The molecule has 0 aromatic heterocycles. The normalized spacial score (nSPS) is 19.3. The number of hydrazone groups is 1. The molecule has 0 fully saturated rings. The lowest BCUT2D eigenvalue weighted by Crippen LogP contribution is -2.35. The fourth-order valence-corrected chi connectivity index (χ4v) is 4.61. The Hall–Kier alpha value is -3.53. The molecule has 2 aliphatic heterocycles. The number of nitrogens with two attached hydrogens (primary N) is 1. The third-order valence-electron chi connectivity index (χ3n) is 5.62. The first-order chi connectivity index (χ1) is 16.7. The smallest absolute Gasteiger partial charge is 0.172 e. The van der Waals surface area contributed by atoms with Crippen LogP contribution in [0.4, 0.5) is 8.78 Å². The van der Waals surface area contributed by atoms with Crippen LogP contribution in [-0.2, 0) is 15.6 Å². The topological polar surface area (TPSA) is 97.4 Å². The molecule has 0 aliphatic carbocycles. The predicted octanol–water partition coefficient (Wildman–Crippen LogP) is 4.65. The lowest BCUT2D eigenvalue weighted by Gasteiger charge is -2.28. The summed E-state index contributed by atoms with van der Waals surface area (Å²) in [4.78, 5) is 4.56. The lowest BCUT2D eigenvalue weighted by atomic mass is 10.0. The fourth-order valence-electron chi connectivity index (χ4n) is 3.72. The Labute approximate surface area is 203 Å². The van der Waals surface area contributed by atoms with Crippen LogP contribution in [0.25, 0.3) is 0 Å². The van der Waals surface area contributed by atoms with Gasteiger partial charge in [0.1, 0.15) is 11.6 Å². The number of halogens is 2. The molecule has 4 rings (SSSR count). The van der Waals surface area contributed by atoms with Crippen molar-refractivity contribution in [2.75, 3.05) is 12.3 Å². The van der Waals surface area contributed by atoms with Crippen LogP contribution in [0.3, 0.4) is 0 Å². The van der Waals surface area contributed by atoms with E-state index in [4.69, 9.17) is 15.6 Å². The minimum Gasteiger partial charge on any atom is -0.454 e. The molecule has 2 aromatic rings. The summed E-state index contributed by atoms with van der Waals surface area (Å²) in [6.07, 6.45) is 5.42. The molecule has 0 saturated carbocycles. The van der Waals surface area contributed by atoms with E-state index in [-0.39, 0.29) is 23.0 Å². The highest BCUT2D eigenvalue weighted by Gasteiger charge is 2.25. The van der Waals surface area contributed by atoms with Crippen LogP contribution in [0.15, 0.2) is 70.0 Å². The lowest BCUT2D eigenvalue weighted by molar-refractivity contribution is 0.436. The third kappa shape index (κ3) is 5.59. The van der Waals surface area contributed by atoms with Crippen molar-refractivity contribution in [1.82, 2.24) is 5.01 Å². The highest BCUT2D eigenvalue weighted by Crippen LogP contribution is 2.32. The summed E-state index contributed by atoms with van der Waals surface area (Å²) in [5.41, 5.74) is 8.89. The number of hydrogen-bond donors (Lipinski definition) is 1. The van der Waals surface area contributed by atoms with Gasteiger partial charge in [-0.15, -0.1) is 0 Å². The molecule has 2 aliphatic rings. The van der Waals surface area contributed by atoms with Gasteiger partial charge in [0.05, 0.1) is 17.2 Å². The first kappa shape index (κ1) is 24.6. The number of aliphatic imine (C=N–C) groups is 1. The Balaban J connectivity index is 1.83. The van der Waals surface area contributed by atoms with Crippen LogP contribution in [0, 0.1) is 11.6 Å². The summed E-state index contributed by atoms with van der Waals surface area (Å²) in [5, 5.41) is 6.36. The highest BCUT2D eigenvalue weighted by atomic mass is 32.2. The van der Waals surface area contributed by atoms with Gasteiger partial charge in [-0.25, -0.2) is 22.2 Å². The Morgan fingerprint density at radius 1 is 1.14 bits per heavy atom. The Kier molecular flexibility index (Phi) is 7.02.